The Morgan fingerprint density at radius 1 is 1.24 bits per heavy atom. The SMILES string of the molecule is CCNC(=NCc1ccc(CC)s1)NCC1CCN(S(C)(=O)=O)CC1. The third kappa shape index (κ3) is 6.60. The summed E-state index contributed by atoms with van der Waals surface area (Å²) in [6.07, 6.45) is 4.14. The first-order valence-electron chi connectivity index (χ1n) is 8.97. The fourth-order valence-electron chi connectivity index (χ4n) is 2.88. The van der Waals surface area contributed by atoms with Crippen molar-refractivity contribution in [3.05, 3.63) is 21.9 Å². The van der Waals surface area contributed by atoms with Gasteiger partial charge in [0.2, 0.25) is 10.0 Å². The number of guanidine groups is 1. The van der Waals surface area contributed by atoms with Gasteiger partial charge in [0, 0.05) is 35.9 Å². The quantitative estimate of drug-likeness (QED) is 0.555. The molecule has 6 nitrogen and oxygen atoms in total. The minimum atomic E-state index is -3.05. The van der Waals surface area contributed by atoms with Gasteiger partial charge in [0.25, 0.3) is 0 Å². The monoisotopic (exact) mass is 386 g/mol. The Labute approximate surface area is 155 Å². The molecule has 1 aromatic rings. The highest BCUT2D eigenvalue weighted by Crippen LogP contribution is 2.19. The van der Waals surface area contributed by atoms with Gasteiger partial charge < -0.3 is 10.6 Å². The van der Waals surface area contributed by atoms with Gasteiger partial charge in [-0.25, -0.2) is 17.7 Å². The van der Waals surface area contributed by atoms with Gasteiger partial charge in [0.05, 0.1) is 12.8 Å². The summed E-state index contributed by atoms with van der Waals surface area (Å²) in [6, 6.07) is 4.32. The predicted molar refractivity (Wildman–Crippen MR) is 106 cm³/mol. The number of piperidine rings is 1. The second-order valence-corrected chi connectivity index (χ2v) is 9.64. The lowest BCUT2D eigenvalue weighted by atomic mass is 9.98. The molecule has 0 amide bonds. The molecule has 2 N–H and O–H groups in total. The van der Waals surface area contributed by atoms with E-state index in [9.17, 15) is 8.42 Å². The van der Waals surface area contributed by atoms with Crippen LogP contribution in [0.4, 0.5) is 0 Å². The van der Waals surface area contributed by atoms with Crippen LogP contribution in [0.3, 0.4) is 0 Å². The molecule has 0 radical (unpaired) electrons. The third-order valence-electron chi connectivity index (χ3n) is 4.40. The second kappa shape index (κ2) is 9.54. The van der Waals surface area contributed by atoms with Gasteiger partial charge >= 0.3 is 0 Å². The Morgan fingerprint density at radius 2 is 1.92 bits per heavy atom. The van der Waals surface area contributed by atoms with E-state index >= 15 is 0 Å². The van der Waals surface area contributed by atoms with E-state index in [4.69, 9.17) is 0 Å². The van der Waals surface area contributed by atoms with Gasteiger partial charge in [-0.1, -0.05) is 6.92 Å². The first-order valence-corrected chi connectivity index (χ1v) is 11.6. The lowest BCUT2D eigenvalue weighted by molar-refractivity contribution is 0.275. The summed E-state index contributed by atoms with van der Waals surface area (Å²) in [5.74, 6) is 1.31. The summed E-state index contributed by atoms with van der Waals surface area (Å²) in [4.78, 5) is 7.33. The highest BCUT2D eigenvalue weighted by molar-refractivity contribution is 7.88. The molecule has 0 bridgehead atoms. The Balaban J connectivity index is 1.82. The Morgan fingerprint density at radius 3 is 2.48 bits per heavy atom. The van der Waals surface area contributed by atoms with Crippen LogP contribution in [0.15, 0.2) is 17.1 Å². The van der Waals surface area contributed by atoms with E-state index in [1.54, 1.807) is 4.31 Å². The molecule has 1 aliphatic heterocycles. The smallest absolute Gasteiger partial charge is 0.211 e. The number of hydrogen-bond donors (Lipinski definition) is 2. The molecule has 0 saturated carbocycles. The maximum absolute atomic E-state index is 11.6. The summed E-state index contributed by atoms with van der Waals surface area (Å²) in [5.41, 5.74) is 0. The van der Waals surface area contributed by atoms with Crippen molar-refractivity contribution >= 4 is 27.3 Å². The van der Waals surface area contributed by atoms with Crippen molar-refractivity contribution in [3.8, 4) is 0 Å². The molecule has 1 saturated heterocycles. The van der Waals surface area contributed by atoms with Crippen LogP contribution in [0.2, 0.25) is 0 Å². The number of rotatable bonds is 7. The molecule has 0 unspecified atom stereocenters. The maximum Gasteiger partial charge on any atom is 0.211 e. The molecular weight excluding hydrogens is 356 g/mol. The highest BCUT2D eigenvalue weighted by atomic mass is 32.2. The normalized spacial score (nSPS) is 17.6. The Kier molecular flexibility index (Phi) is 7.71. The molecule has 0 atom stereocenters. The van der Waals surface area contributed by atoms with Crippen molar-refractivity contribution in [1.82, 2.24) is 14.9 Å². The molecule has 0 aliphatic carbocycles. The molecule has 2 rings (SSSR count). The Bertz CT molecular complexity index is 662. The number of thiophene rings is 1. The predicted octanol–water partition coefficient (Wildman–Crippen LogP) is 2.04. The summed E-state index contributed by atoms with van der Waals surface area (Å²) in [6.45, 7) is 7.80. The summed E-state index contributed by atoms with van der Waals surface area (Å²) in [5, 5.41) is 6.69. The van der Waals surface area contributed by atoms with Crippen molar-refractivity contribution < 1.29 is 8.42 Å². The lowest BCUT2D eigenvalue weighted by Crippen LogP contribution is -2.44. The van der Waals surface area contributed by atoms with Gasteiger partial charge in [0.15, 0.2) is 5.96 Å². The van der Waals surface area contributed by atoms with Crippen LogP contribution < -0.4 is 10.6 Å². The van der Waals surface area contributed by atoms with Gasteiger partial charge in [-0.05, 0) is 44.2 Å². The standard InChI is InChI=1S/C17H30N4O2S2/c1-4-15-6-7-16(24-15)13-20-17(18-5-2)19-12-14-8-10-21(11-9-14)25(3,22)23/h6-7,14H,4-5,8-13H2,1-3H3,(H2,18,19,20). The van der Waals surface area contributed by atoms with Gasteiger partial charge in [-0.2, -0.15) is 0 Å². The van der Waals surface area contributed by atoms with Crippen molar-refractivity contribution in [2.45, 2.75) is 39.7 Å². The van der Waals surface area contributed by atoms with Crippen LogP contribution in [0.1, 0.15) is 36.4 Å². The van der Waals surface area contributed by atoms with Crippen LogP contribution in [0.5, 0.6) is 0 Å². The van der Waals surface area contributed by atoms with E-state index in [1.807, 2.05) is 11.3 Å². The fraction of sp³-hybridized carbons (Fsp3) is 0.706. The molecule has 2 heterocycles. The van der Waals surface area contributed by atoms with Crippen LogP contribution in [0, 0.1) is 5.92 Å². The van der Waals surface area contributed by atoms with E-state index in [1.165, 1.54) is 16.0 Å². The number of nitrogens with zero attached hydrogens (tertiary/aromatic N) is 2. The van der Waals surface area contributed by atoms with E-state index in [-0.39, 0.29) is 0 Å². The maximum atomic E-state index is 11.6. The molecular formula is C17H30N4O2S2. The summed E-state index contributed by atoms with van der Waals surface area (Å²) < 4.78 is 24.7. The van der Waals surface area contributed by atoms with Crippen molar-refractivity contribution in [3.63, 3.8) is 0 Å². The molecule has 0 spiro atoms. The number of sulfonamides is 1. The van der Waals surface area contributed by atoms with E-state index < -0.39 is 10.0 Å². The molecule has 1 fully saturated rings. The summed E-state index contributed by atoms with van der Waals surface area (Å²) >= 11 is 1.82. The first kappa shape index (κ1) is 20.2. The zero-order valence-electron chi connectivity index (χ0n) is 15.4. The minimum absolute atomic E-state index is 0.482. The van der Waals surface area contributed by atoms with Gasteiger partial charge in [0.1, 0.15) is 0 Å². The zero-order chi connectivity index (χ0) is 18.3. The van der Waals surface area contributed by atoms with Crippen LogP contribution in [-0.4, -0.2) is 51.1 Å². The van der Waals surface area contributed by atoms with Crippen molar-refractivity contribution in [1.29, 1.82) is 0 Å². The average Bonchev–Trinajstić information content (AvgIpc) is 3.05. The van der Waals surface area contributed by atoms with Crippen LogP contribution in [0.25, 0.3) is 0 Å². The minimum Gasteiger partial charge on any atom is -0.357 e. The van der Waals surface area contributed by atoms with Crippen LogP contribution >= 0.6 is 11.3 Å². The van der Waals surface area contributed by atoms with E-state index in [0.717, 1.165) is 38.3 Å². The van der Waals surface area contributed by atoms with E-state index in [2.05, 4.69) is 41.6 Å². The topological polar surface area (TPSA) is 73.8 Å². The average molecular weight is 387 g/mol. The molecule has 0 aromatic carbocycles. The second-order valence-electron chi connectivity index (χ2n) is 6.40. The number of hydrogen-bond acceptors (Lipinski definition) is 4. The molecule has 25 heavy (non-hydrogen) atoms. The number of aryl methyl sites for hydroxylation is 1. The number of aliphatic imine (C=N–C) groups is 1. The highest BCUT2D eigenvalue weighted by Gasteiger charge is 2.24. The number of nitrogens with one attached hydrogen (secondary N) is 2. The molecule has 142 valence electrons. The lowest BCUT2D eigenvalue weighted by Gasteiger charge is -2.30. The molecule has 8 heteroatoms. The molecule has 1 aromatic heterocycles. The van der Waals surface area contributed by atoms with Crippen molar-refractivity contribution in [2.24, 2.45) is 10.9 Å². The van der Waals surface area contributed by atoms with Crippen molar-refractivity contribution in [2.75, 3.05) is 32.4 Å². The largest absolute Gasteiger partial charge is 0.357 e. The molecule has 1 aliphatic rings. The van der Waals surface area contributed by atoms with E-state index in [0.29, 0.717) is 25.6 Å². The zero-order valence-corrected chi connectivity index (χ0v) is 17.0. The first-order chi connectivity index (χ1) is 11.9. The fourth-order valence-corrected chi connectivity index (χ4v) is 4.64. The Hall–Kier alpha value is -1.12. The third-order valence-corrected chi connectivity index (χ3v) is 6.92. The summed E-state index contributed by atoms with van der Waals surface area (Å²) in [7, 11) is -3.05. The van der Waals surface area contributed by atoms with Crippen LogP contribution in [-0.2, 0) is 23.0 Å². The van der Waals surface area contributed by atoms with Gasteiger partial charge in [-0.15, -0.1) is 11.3 Å². The van der Waals surface area contributed by atoms with Gasteiger partial charge in [-0.3, -0.25) is 0 Å².